The second kappa shape index (κ2) is 8.12. The van der Waals surface area contributed by atoms with Crippen LogP contribution in [-0.2, 0) is 14.8 Å². The molecule has 8 heteroatoms. The van der Waals surface area contributed by atoms with Gasteiger partial charge in [-0.1, -0.05) is 30.3 Å². The summed E-state index contributed by atoms with van der Waals surface area (Å²) in [7, 11) is -3.75. The molecule has 0 aromatic heterocycles. The minimum absolute atomic E-state index is 0.0184. The second-order valence-electron chi connectivity index (χ2n) is 6.80. The van der Waals surface area contributed by atoms with Crippen LogP contribution in [0.5, 0.6) is 0 Å². The van der Waals surface area contributed by atoms with Crippen LogP contribution in [0.1, 0.15) is 34.7 Å². The summed E-state index contributed by atoms with van der Waals surface area (Å²) in [6.07, 6.45) is 0.886. The number of nitrogens with zero attached hydrogens (tertiary/aromatic N) is 1. The first-order valence-corrected chi connectivity index (χ1v) is 10.4. The Balaban J connectivity index is 1.73. The molecule has 0 radical (unpaired) electrons. The Hall–Kier alpha value is -2.71. The number of carboxylic acids is 2. The van der Waals surface area contributed by atoms with Crippen LogP contribution >= 0.6 is 0 Å². The third kappa shape index (κ3) is 4.07. The van der Waals surface area contributed by atoms with Crippen molar-refractivity contribution in [2.75, 3.05) is 13.1 Å². The first kappa shape index (κ1) is 20.0. The molecule has 0 unspecified atom stereocenters. The number of sulfonamides is 1. The SMILES string of the molecule is O=C(O)c1ccc(S(=O)(=O)N2CCC([C@@H](C(=O)O)c3ccccc3)CC2)cc1. The molecule has 0 bridgehead atoms. The number of carboxylic acid groups (broad SMARTS) is 2. The van der Waals surface area contributed by atoms with Crippen molar-refractivity contribution >= 4 is 22.0 Å². The molecule has 1 saturated heterocycles. The lowest BCUT2D eigenvalue weighted by molar-refractivity contribution is -0.140. The highest BCUT2D eigenvalue weighted by molar-refractivity contribution is 7.89. The van der Waals surface area contributed by atoms with Gasteiger partial charge in [-0.2, -0.15) is 4.31 Å². The van der Waals surface area contributed by atoms with E-state index in [2.05, 4.69) is 0 Å². The predicted octanol–water partition coefficient (Wildman–Crippen LogP) is 2.65. The van der Waals surface area contributed by atoms with Crippen LogP contribution in [-0.4, -0.2) is 48.0 Å². The number of aliphatic carboxylic acids is 1. The van der Waals surface area contributed by atoms with E-state index in [9.17, 15) is 23.1 Å². The van der Waals surface area contributed by atoms with Crippen LogP contribution in [0.25, 0.3) is 0 Å². The van der Waals surface area contributed by atoms with Gasteiger partial charge >= 0.3 is 11.9 Å². The smallest absolute Gasteiger partial charge is 0.335 e. The van der Waals surface area contributed by atoms with Crippen molar-refractivity contribution in [1.82, 2.24) is 4.31 Å². The second-order valence-corrected chi connectivity index (χ2v) is 8.74. The van der Waals surface area contributed by atoms with Crippen molar-refractivity contribution in [1.29, 1.82) is 0 Å². The van der Waals surface area contributed by atoms with Crippen molar-refractivity contribution < 1.29 is 28.2 Å². The summed E-state index contributed by atoms with van der Waals surface area (Å²) in [4.78, 5) is 22.8. The van der Waals surface area contributed by atoms with Crippen molar-refractivity contribution in [3.8, 4) is 0 Å². The fourth-order valence-electron chi connectivity index (χ4n) is 3.64. The maximum absolute atomic E-state index is 12.8. The Bertz CT molecular complexity index is 948. The molecule has 1 aliphatic rings. The van der Waals surface area contributed by atoms with Crippen LogP contribution in [0.15, 0.2) is 59.5 Å². The van der Waals surface area contributed by atoms with Crippen LogP contribution in [0.2, 0.25) is 0 Å². The van der Waals surface area contributed by atoms with Gasteiger partial charge < -0.3 is 10.2 Å². The molecule has 2 N–H and O–H groups in total. The minimum Gasteiger partial charge on any atom is -0.481 e. The van der Waals surface area contributed by atoms with Gasteiger partial charge in [-0.3, -0.25) is 4.79 Å². The molecule has 2 aromatic rings. The topological polar surface area (TPSA) is 112 Å². The highest BCUT2D eigenvalue weighted by Crippen LogP contribution is 2.34. The molecule has 1 fully saturated rings. The Labute approximate surface area is 163 Å². The van der Waals surface area contributed by atoms with E-state index in [4.69, 9.17) is 5.11 Å². The summed E-state index contributed by atoms with van der Waals surface area (Å²) in [5.41, 5.74) is 0.741. The number of hydrogen-bond donors (Lipinski definition) is 2. The van der Waals surface area contributed by atoms with Gasteiger partial charge in [0.05, 0.1) is 16.4 Å². The van der Waals surface area contributed by atoms with Crippen LogP contribution in [0.4, 0.5) is 0 Å². The molecular weight excluding hydrogens is 382 g/mol. The quantitative estimate of drug-likeness (QED) is 0.767. The highest BCUT2D eigenvalue weighted by Gasteiger charge is 2.36. The summed E-state index contributed by atoms with van der Waals surface area (Å²) in [6.45, 7) is 0.453. The van der Waals surface area contributed by atoms with Gasteiger partial charge in [0.1, 0.15) is 0 Å². The minimum atomic E-state index is -3.75. The molecule has 28 heavy (non-hydrogen) atoms. The summed E-state index contributed by atoms with van der Waals surface area (Å²) in [6, 6.07) is 14.1. The number of piperidine rings is 1. The van der Waals surface area contributed by atoms with Crippen molar-refractivity contribution in [2.24, 2.45) is 5.92 Å². The monoisotopic (exact) mass is 403 g/mol. The van der Waals surface area contributed by atoms with E-state index in [1.807, 2.05) is 6.07 Å². The number of rotatable bonds is 6. The Morgan fingerprint density at radius 2 is 1.50 bits per heavy atom. The number of benzene rings is 2. The van der Waals surface area contributed by atoms with E-state index < -0.39 is 27.9 Å². The maximum atomic E-state index is 12.8. The third-order valence-electron chi connectivity index (χ3n) is 5.13. The molecule has 2 aromatic carbocycles. The lowest BCUT2D eigenvalue weighted by Crippen LogP contribution is -2.40. The van der Waals surface area contributed by atoms with E-state index in [0.717, 1.165) is 5.56 Å². The van der Waals surface area contributed by atoms with Gasteiger partial charge in [-0.25, -0.2) is 13.2 Å². The predicted molar refractivity (Wildman–Crippen MR) is 102 cm³/mol. The lowest BCUT2D eigenvalue weighted by Gasteiger charge is -2.34. The van der Waals surface area contributed by atoms with Gasteiger partial charge in [-0.15, -0.1) is 0 Å². The van der Waals surface area contributed by atoms with Crippen LogP contribution in [0, 0.1) is 5.92 Å². The fraction of sp³-hybridized carbons (Fsp3) is 0.300. The van der Waals surface area contributed by atoms with Crippen LogP contribution < -0.4 is 0 Å². The number of aromatic carboxylic acids is 1. The Morgan fingerprint density at radius 1 is 0.929 bits per heavy atom. The highest BCUT2D eigenvalue weighted by atomic mass is 32.2. The van der Waals surface area contributed by atoms with E-state index in [1.165, 1.54) is 28.6 Å². The van der Waals surface area contributed by atoms with Gasteiger partial charge in [0.2, 0.25) is 10.0 Å². The van der Waals surface area contributed by atoms with Crippen LogP contribution in [0.3, 0.4) is 0 Å². The third-order valence-corrected chi connectivity index (χ3v) is 7.05. The Morgan fingerprint density at radius 3 is 2.00 bits per heavy atom. The molecule has 7 nitrogen and oxygen atoms in total. The summed E-state index contributed by atoms with van der Waals surface area (Å²) in [5.74, 6) is -2.84. The molecule has 148 valence electrons. The average molecular weight is 403 g/mol. The van der Waals surface area contributed by atoms with Crippen molar-refractivity contribution in [3.63, 3.8) is 0 Å². The molecule has 1 heterocycles. The maximum Gasteiger partial charge on any atom is 0.335 e. The molecule has 1 aliphatic heterocycles. The normalized spacial score (nSPS) is 17.1. The molecule has 0 aliphatic carbocycles. The molecule has 0 amide bonds. The largest absolute Gasteiger partial charge is 0.481 e. The first-order valence-electron chi connectivity index (χ1n) is 8.92. The first-order chi connectivity index (χ1) is 13.3. The van der Waals surface area contributed by atoms with Gasteiger partial charge in [-0.05, 0) is 48.6 Å². The Kier molecular flexibility index (Phi) is 5.81. The van der Waals surface area contributed by atoms with E-state index in [1.54, 1.807) is 24.3 Å². The molecule has 3 rings (SSSR count). The molecule has 1 atom stereocenters. The van der Waals surface area contributed by atoms with Crippen molar-refractivity contribution in [3.05, 3.63) is 65.7 Å². The van der Waals surface area contributed by atoms with Gasteiger partial charge in [0.15, 0.2) is 0 Å². The molecule has 0 saturated carbocycles. The fourth-order valence-corrected chi connectivity index (χ4v) is 5.11. The molecular formula is C20H21NO6S. The number of hydrogen-bond acceptors (Lipinski definition) is 4. The zero-order valence-electron chi connectivity index (χ0n) is 15.1. The summed E-state index contributed by atoms with van der Waals surface area (Å²) in [5, 5.41) is 18.6. The van der Waals surface area contributed by atoms with Gasteiger partial charge in [0.25, 0.3) is 0 Å². The van der Waals surface area contributed by atoms with Gasteiger partial charge in [0, 0.05) is 13.1 Å². The zero-order chi connectivity index (χ0) is 20.3. The molecule has 0 spiro atoms. The number of carbonyl (C=O) groups is 2. The van der Waals surface area contributed by atoms with Crippen molar-refractivity contribution in [2.45, 2.75) is 23.7 Å². The van der Waals surface area contributed by atoms with E-state index in [-0.39, 0.29) is 29.5 Å². The van der Waals surface area contributed by atoms with E-state index >= 15 is 0 Å². The zero-order valence-corrected chi connectivity index (χ0v) is 15.9. The van der Waals surface area contributed by atoms with E-state index in [0.29, 0.717) is 12.8 Å². The standard InChI is InChI=1S/C20H21NO6S/c22-19(23)16-6-8-17(9-7-16)28(26,27)21-12-10-15(11-13-21)18(20(24)25)14-4-2-1-3-5-14/h1-9,15,18H,10-13H2,(H,22,23)(H,24,25)/t18-/m0/s1. The average Bonchev–Trinajstić information content (AvgIpc) is 2.69. The summed E-state index contributed by atoms with van der Waals surface area (Å²) < 4.78 is 27.0. The lowest BCUT2D eigenvalue weighted by atomic mass is 9.80. The summed E-state index contributed by atoms with van der Waals surface area (Å²) >= 11 is 0.